The number of nitrogens with one attached hydrogen (secondary N) is 3. The van der Waals surface area contributed by atoms with Crippen molar-refractivity contribution in [2.75, 3.05) is 7.05 Å². The largest absolute Gasteiger partial charge is 0.478 e. The fourth-order valence-electron chi connectivity index (χ4n) is 3.08. The number of carboxylic acid groups (broad SMARTS) is 1. The van der Waals surface area contributed by atoms with Crippen molar-refractivity contribution in [3.05, 3.63) is 47.5 Å². The van der Waals surface area contributed by atoms with Crippen LogP contribution < -0.4 is 16.0 Å². The summed E-state index contributed by atoms with van der Waals surface area (Å²) in [6.45, 7) is 10.9. The lowest BCUT2D eigenvalue weighted by Crippen LogP contribution is -2.59. The van der Waals surface area contributed by atoms with Gasteiger partial charge in [0.2, 0.25) is 11.8 Å². The van der Waals surface area contributed by atoms with Gasteiger partial charge in [-0.1, -0.05) is 71.0 Å². The topological polar surface area (TPSA) is 108 Å². The van der Waals surface area contributed by atoms with E-state index < -0.39 is 29.5 Å². The van der Waals surface area contributed by atoms with E-state index in [-0.39, 0.29) is 23.3 Å². The first kappa shape index (κ1) is 26.4. The van der Waals surface area contributed by atoms with E-state index in [4.69, 9.17) is 5.11 Å². The Morgan fingerprint density at radius 3 is 2.06 bits per heavy atom. The summed E-state index contributed by atoms with van der Waals surface area (Å²) in [7, 11) is 1.72. The van der Waals surface area contributed by atoms with E-state index in [0.29, 0.717) is 6.42 Å². The molecule has 0 saturated heterocycles. The molecule has 1 aromatic rings. The molecule has 172 valence electrons. The van der Waals surface area contributed by atoms with Crippen LogP contribution in [0.25, 0.3) is 0 Å². The molecule has 7 nitrogen and oxygen atoms in total. The number of rotatable bonds is 10. The smallest absolute Gasteiger partial charge is 0.331 e. The molecule has 1 aromatic carbocycles. The molecule has 0 heterocycles. The average molecular weight is 432 g/mol. The Kier molecular flexibility index (Phi) is 9.91. The lowest BCUT2D eigenvalue weighted by molar-refractivity contribution is -0.133. The number of hydrogen-bond acceptors (Lipinski definition) is 4. The number of carbonyl (C=O) groups excluding carboxylic acids is 2. The third-order valence-corrected chi connectivity index (χ3v) is 5.16. The third kappa shape index (κ3) is 8.53. The van der Waals surface area contributed by atoms with E-state index in [1.54, 1.807) is 7.05 Å². The Bertz CT molecular complexity index is 782. The van der Waals surface area contributed by atoms with Crippen LogP contribution in [-0.4, -0.2) is 48.1 Å². The standard InChI is InChI=1S/C24H37N3O4/c1-15(2)18(13-16(3)23(30)31)26-22(29)20(24(4,5)6)27-21(28)19(25-7)14-17-11-9-8-10-12-17/h8-13,15,18-20,25H,14H2,1-7H3,(H,26,29)(H,27,28)(H,30,31)/b16-13+/t18-,19+,20-/m1/s1. The minimum absolute atomic E-state index is 0.0160. The summed E-state index contributed by atoms with van der Waals surface area (Å²) in [6, 6.07) is 7.93. The van der Waals surface area contributed by atoms with Gasteiger partial charge < -0.3 is 21.1 Å². The molecule has 2 amide bonds. The Morgan fingerprint density at radius 1 is 1.03 bits per heavy atom. The number of aliphatic carboxylic acids is 1. The maximum atomic E-state index is 13.1. The molecule has 0 aliphatic rings. The van der Waals surface area contributed by atoms with Crippen LogP contribution in [0, 0.1) is 11.3 Å². The number of carbonyl (C=O) groups is 3. The van der Waals surface area contributed by atoms with E-state index >= 15 is 0 Å². The van der Waals surface area contributed by atoms with E-state index in [1.165, 1.54) is 13.0 Å². The molecule has 1 rings (SSSR count). The number of amides is 2. The van der Waals surface area contributed by atoms with Crippen LogP contribution in [0.3, 0.4) is 0 Å². The van der Waals surface area contributed by atoms with E-state index in [9.17, 15) is 14.4 Å². The van der Waals surface area contributed by atoms with Crippen LogP contribution in [0.4, 0.5) is 0 Å². The molecule has 0 aromatic heterocycles. The minimum Gasteiger partial charge on any atom is -0.478 e. The molecule has 31 heavy (non-hydrogen) atoms. The monoisotopic (exact) mass is 431 g/mol. The predicted molar refractivity (Wildman–Crippen MR) is 123 cm³/mol. The molecule has 0 aliphatic carbocycles. The molecule has 7 heteroatoms. The summed E-state index contributed by atoms with van der Waals surface area (Å²) in [6.07, 6.45) is 2.04. The van der Waals surface area contributed by atoms with Gasteiger partial charge >= 0.3 is 5.97 Å². The lowest BCUT2D eigenvalue weighted by Gasteiger charge is -2.33. The van der Waals surface area contributed by atoms with Crippen molar-refractivity contribution in [2.45, 2.75) is 66.1 Å². The first-order chi connectivity index (χ1) is 14.4. The van der Waals surface area contributed by atoms with Crippen LogP contribution >= 0.6 is 0 Å². The van der Waals surface area contributed by atoms with Gasteiger partial charge in [-0.15, -0.1) is 0 Å². The zero-order valence-corrected chi connectivity index (χ0v) is 19.7. The highest BCUT2D eigenvalue weighted by Crippen LogP contribution is 2.21. The number of benzene rings is 1. The maximum Gasteiger partial charge on any atom is 0.331 e. The van der Waals surface area contributed by atoms with Crippen molar-refractivity contribution < 1.29 is 19.5 Å². The molecule has 3 atom stereocenters. The van der Waals surface area contributed by atoms with Gasteiger partial charge in [0.05, 0.1) is 12.1 Å². The molecule has 4 N–H and O–H groups in total. The van der Waals surface area contributed by atoms with Crippen LogP contribution in [0.15, 0.2) is 42.0 Å². The lowest BCUT2D eigenvalue weighted by atomic mass is 9.85. The molecule has 0 fully saturated rings. The van der Waals surface area contributed by atoms with Gasteiger partial charge in [0.25, 0.3) is 0 Å². The molecule has 0 radical (unpaired) electrons. The summed E-state index contributed by atoms with van der Waals surface area (Å²) < 4.78 is 0. The molecule has 0 spiro atoms. The predicted octanol–water partition coefficient (Wildman–Crippen LogP) is 2.52. The van der Waals surface area contributed by atoms with Crippen LogP contribution in [0.5, 0.6) is 0 Å². The van der Waals surface area contributed by atoms with E-state index in [0.717, 1.165) is 5.56 Å². The normalized spacial score (nSPS) is 15.2. The first-order valence-electron chi connectivity index (χ1n) is 10.6. The van der Waals surface area contributed by atoms with Gasteiger partial charge in [0.15, 0.2) is 0 Å². The van der Waals surface area contributed by atoms with Gasteiger partial charge in [-0.2, -0.15) is 0 Å². The van der Waals surface area contributed by atoms with Crippen molar-refractivity contribution in [2.24, 2.45) is 11.3 Å². The quantitative estimate of drug-likeness (QED) is 0.426. The summed E-state index contributed by atoms with van der Waals surface area (Å²) in [4.78, 5) is 37.3. The SMILES string of the molecule is CN[C@@H](Cc1ccccc1)C(=O)N[C@H](C(=O)N[C@H](/C=C(\C)C(=O)O)C(C)C)C(C)(C)C. The number of likely N-dealkylation sites (N-methyl/N-ethyl adjacent to an activating group) is 1. The highest BCUT2D eigenvalue weighted by atomic mass is 16.4. The molecule has 0 aliphatic heterocycles. The van der Waals surface area contributed by atoms with Gasteiger partial charge in [-0.25, -0.2) is 4.79 Å². The van der Waals surface area contributed by atoms with E-state index in [2.05, 4.69) is 16.0 Å². The van der Waals surface area contributed by atoms with Gasteiger partial charge in [-0.3, -0.25) is 9.59 Å². The van der Waals surface area contributed by atoms with Crippen molar-refractivity contribution in [1.29, 1.82) is 0 Å². The van der Waals surface area contributed by atoms with E-state index in [1.807, 2.05) is 65.0 Å². The number of hydrogen-bond donors (Lipinski definition) is 4. The Morgan fingerprint density at radius 2 is 1.61 bits per heavy atom. The summed E-state index contributed by atoms with van der Waals surface area (Å²) in [5.74, 6) is -1.65. The van der Waals surface area contributed by atoms with Gasteiger partial charge in [0.1, 0.15) is 6.04 Å². The molecule has 0 bridgehead atoms. The van der Waals surface area contributed by atoms with Crippen LogP contribution in [0.2, 0.25) is 0 Å². The van der Waals surface area contributed by atoms with Crippen molar-refractivity contribution in [3.8, 4) is 0 Å². The minimum atomic E-state index is -1.03. The Hall–Kier alpha value is -2.67. The second-order valence-electron chi connectivity index (χ2n) is 9.27. The summed E-state index contributed by atoms with van der Waals surface area (Å²) in [5, 5.41) is 18.0. The molecular weight excluding hydrogens is 394 g/mol. The average Bonchev–Trinajstić information content (AvgIpc) is 2.68. The fourth-order valence-corrected chi connectivity index (χ4v) is 3.08. The maximum absolute atomic E-state index is 13.1. The Balaban J connectivity index is 3.01. The second kappa shape index (κ2) is 11.6. The van der Waals surface area contributed by atoms with Crippen molar-refractivity contribution in [3.63, 3.8) is 0 Å². The highest BCUT2D eigenvalue weighted by Gasteiger charge is 2.35. The summed E-state index contributed by atoms with van der Waals surface area (Å²) in [5.41, 5.74) is 0.633. The zero-order valence-electron chi connectivity index (χ0n) is 19.7. The number of carboxylic acids is 1. The zero-order chi connectivity index (χ0) is 23.8. The van der Waals surface area contributed by atoms with Crippen molar-refractivity contribution in [1.82, 2.24) is 16.0 Å². The first-order valence-corrected chi connectivity index (χ1v) is 10.6. The van der Waals surface area contributed by atoms with Crippen LogP contribution in [0.1, 0.15) is 47.1 Å². The fraction of sp³-hybridized carbons (Fsp3) is 0.542. The second-order valence-corrected chi connectivity index (χ2v) is 9.27. The van der Waals surface area contributed by atoms with Gasteiger partial charge in [-0.05, 0) is 37.3 Å². The molecular formula is C24H37N3O4. The van der Waals surface area contributed by atoms with Crippen LogP contribution in [-0.2, 0) is 20.8 Å². The third-order valence-electron chi connectivity index (χ3n) is 5.16. The Labute approximate surface area is 185 Å². The highest BCUT2D eigenvalue weighted by molar-refractivity contribution is 5.91. The van der Waals surface area contributed by atoms with Gasteiger partial charge in [0, 0.05) is 5.57 Å². The summed E-state index contributed by atoms with van der Waals surface area (Å²) >= 11 is 0. The molecule has 0 unspecified atom stereocenters. The van der Waals surface area contributed by atoms with Crippen molar-refractivity contribution >= 4 is 17.8 Å². The molecule has 0 saturated carbocycles.